The Morgan fingerprint density at radius 3 is 1.57 bits per heavy atom. The minimum Gasteiger partial charge on any atom is -0.379 e. The van der Waals surface area contributed by atoms with Crippen LogP contribution in [0.5, 0.6) is 11.5 Å². The molecule has 0 heterocycles. The molecule has 0 unspecified atom stereocenters. The van der Waals surface area contributed by atoms with Gasteiger partial charge in [-0.25, -0.2) is 4.79 Å². The molecule has 0 fully saturated rings. The Bertz CT molecular complexity index is 1780. The number of aryl methyl sites for hydroxylation is 4. The van der Waals surface area contributed by atoms with E-state index in [4.69, 9.17) is 8.37 Å². The summed E-state index contributed by atoms with van der Waals surface area (Å²) >= 11 is 0. The lowest BCUT2D eigenvalue weighted by molar-refractivity contribution is 0.262. The number of benzene rings is 4. The fourth-order valence-electron chi connectivity index (χ4n) is 3.60. The van der Waals surface area contributed by atoms with E-state index < -0.39 is 26.3 Å². The fourth-order valence-corrected chi connectivity index (χ4v) is 5.63. The Hall–Kier alpha value is -4.35. The van der Waals surface area contributed by atoms with Crippen LogP contribution >= 0.6 is 0 Å². The summed E-state index contributed by atoms with van der Waals surface area (Å²) in [6.07, 6.45) is 0. The van der Waals surface area contributed by atoms with Crippen molar-refractivity contribution >= 4 is 37.6 Å². The van der Waals surface area contributed by atoms with Gasteiger partial charge in [-0.05, 0) is 111 Å². The van der Waals surface area contributed by atoms with E-state index in [0.29, 0.717) is 11.4 Å². The normalized spacial score (nSPS) is 11.5. The molecule has 4 rings (SSSR count). The van der Waals surface area contributed by atoms with E-state index in [1.165, 1.54) is 54.6 Å². The molecular formula is C29H28N2O7S2. The smallest absolute Gasteiger partial charge is 0.339 e. The van der Waals surface area contributed by atoms with Crippen LogP contribution in [0.25, 0.3) is 0 Å². The van der Waals surface area contributed by atoms with Crippen molar-refractivity contribution in [2.75, 3.05) is 10.6 Å². The largest absolute Gasteiger partial charge is 0.379 e. The van der Waals surface area contributed by atoms with E-state index in [9.17, 15) is 21.6 Å². The van der Waals surface area contributed by atoms with E-state index >= 15 is 0 Å². The Morgan fingerprint density at radius 2 is 1.05 bits per heavy atom. The first-order valence-corrected chi connectivity index (χ1v) is 15.0. The first kappa shape index (κ1) is 28.7. The lowest BCUT2D eigenvalue weighted by atomic mass is 10.1. The molecule has 4 aromatic rings. The molecule has 0 aromatic heterocycles. The maximum Gasteiger partial charge on any atom is 0.339 e. The van der Waals surface area contributed by atoms with Crippen molar-refractivity contribution in [3.8, 4) is 11.5 Å². The quantitative estimate of drug-likeness (QED) is 0.241. The van der Waals surface area contributed by atoms with Gasteiger partial charge >= 0.3 is 26.3 Å². The number of urea groups is 1. The predicted octanol–water partition coefficient (Wildman–Crippen LogP) is 6.10. The highest BCUT2D eigenvalue weighted by atomic mass is 32.2. The van der Waals surface area contributed by atoms with Crippen molar-refractivity contribution in [3.05, 3.63) is 107 Å². The van der Waals surface area contributed by atoms with Crippen molar-refractivity contribution in [2.24, 2.45) is 0 Å². The van der Waals surface area contributed by atoms with Crippen LogP contribution in [0.4, 0.5) is 16.2 Å². The third-order valence-electron chi connectivity index (χ3n) is 6.15. The fraction of sp³-hybridized carbons (Fsp3) is 0.138. The SMILES string of the molecule is Cc1ccc(S(=O)(=O)Oc2ccc(NC(=O)Nc3cccc(OS(=O)(=O)c4ccc(C)c(C)c4)c3)cc2)cc1C. The molecule has 4 aromatic carbocycles. The monoisotopic (exact) mass is 580 g/mol. The summed E-state index contributed by atoms with van der Waals surface area (Å²) < 4.78 is 61.1. The molecule has 0 aliphatic heterocycles. The summed E-state index contributed by atoms with van der Waals surface area (Å²) in [5.41, 5.74) is 4.24. The van der Waals surface area contributed by atoms with Crippen LogP contribution in [0.15, 0.2) is 94.7 Å². The van der Waals surface area contributed by atoms with E-state index in [-0.39, 0.29) is 21.3 Å². The molecule has 0 aliphatic rings. The molecule has 2 amide bonds. The van der Waals surface area contributed by atoms with Crippen LogP contribution in [0.1, 0.15) is 22.3 Å². The standard InChI is InChI=1S/C29H28N2O7S2/c1-19-8-14-27(16-21(19)3)39(33,34)37-25-12-10-23(11-13-25)30-29(32)31-24-6-5-7-26(18-24)38-40(35,36)28-15-9-20(2)22(4)17-28/h5-18H,1-4H3,(H2,30,31,32). The molecule has 0 aliphatic carbocycles. The molecule has 0 spiro atoms. The summed E-state index contributed by atoms with van der Waals surface area (Å²) in [4.78, 5) is 12.6. The Labute approximate surface area is 234 Å². The first-order valence-electron chi connectivity index (χ1n) is 12.1. The minimum absolute atomic E-state index is 0.0286. The molecule has 2 N–H and O–H groups in total. The summed E-state index contributed by atoms with van der Waals surface area (Å²) in [7, 11) is -8.09. The zero-order chi connectivity index (χ0) is 29.1. The topological polar surface area (TPSA) is 128 Å². The van der Waals surface area contributed by atoms with Crippen molar-refractivity contribution in [3.63, 3.8) is 0 Å². The van der Waals surface area contributed by atoms with Crippen LogP contribution in [-0.2, 0) is 20.2 Å². The van der Waals surface area contributed by atoms with Gasteiger partial charge < -0.3 is 19.0 Å². The van der Waals surface area contributed by atoms with Crippen molar-refractivity contribution in [1.29, 1.82) is 0 Å². The number of nitrogens with one attached hydrogen (secondary N) is 2. The summed E-state index contributed by atoms with van der Waals surface area (Å²) in [6, 6.07) is 20.6. The molecule has 0 saturated carbocycles. The van der Waals surface area contributed by atoms with Crippen LogP contribution in [0.2, 0.25) is 0 Å². The zero-order valence-electron chi connectivity index (χ0n) is 22.3. The number of hydrogen-bond donors (Lipinski definition) is 2. The number of rotatable bonds is 8. The van der Waals surface area contributed by atoms with Crippen molar-refractivity contribution in [1.82, 2.24) is 0 Å². The van der Waals surface area contributed by atoms with Gasteiger partial charge in [-0.3, -0.25) is 0 Å². The second kappa shape index (κ2) is 11.4. The Kier molecular flexibility index (Phi) is 8.17. The molecule has 0 saturated heterocycles. The van der Waals surface area contributed by atoms with E-state index in [0.717, 1.165) is 22.3 Å². The second-order valence-electron chi connectivity index (χ2n) is 9.20. The maximum atomic E-state index is 12.7. The average molecular weight is 581 g/mol. The second-order valence-corrected chi connectivity index (χ2v) is 12.3. The lowest BCUT2D eigenvalue weighted by Gasteiger charge is -2.12. The first-order chi connectivity index (χ1) is 18.8. The van der Waals surface area contributed by atoms with Gasteiger partial charge in [0.2, 0.25) is 0 Å². The van der Waals surface area contributed by atoms with Crippen LogP contribution in [-0.4, -0.2) is 22.9 Å². The van der Waals surface area contributed by atoms with Crippen molar-refractivity contribution in [2.45, 2.75) is 37.5 Å². The maximum absolute atomic E-state index is 12.7. The molecule has 0 atom stereocenters. The third-order valence-corrected chi connectivity index (χ3v) is 8.64. The highest BCUT2D eigenvalue weighted by molar-refractivity contribution is 7.87. The van der Waals surface area contributed by atoms with Gasteiger partial charge in [0, 0.05) is 17.4 Å². The molecule has 0 bridgehead atoms. The molecule has 208 valence electrons. The van der Waals surface area contributed by atoms with Crippen LogP contribution < -0.4 is 19.0 Å². The highest BCUT2D eigenvalue weighted by Crippen LogP contribution is 2.25. The van der Waals surface area contributed by atoms with Crippen LogP contribution in [0.3, 0.4) is 0 Å². The number of carbonyl (C=O) groups is 1. The van der Waals surface area contributed by atoms with Gasteiger partial charge in [0.15, 0.2) is 0 Å². The lowest BCUT2D eigenvalue weighted by Crippen LogP contribution is -2.19. The minimum atomic E-state index is -4.07. The van der Waals surface area contributed by atoms with Gasteiger partial charge in [-0.2, -0.15) is 16.8 Å². The van der Waals surface area contributed by atoms with Gasteiger partial charge in [0.05, 0.1) is 0 Å². The summed E-state index contributed by atoms with van der Waals surface area (Å²) in [5.74, 6) is 0.113. The number of amides is 2. The molecule has 11 heteroatoms. The highest BCUT2D eigenvalue weighted by Gasteiger charge is 2.19. The number of hydrogen-bond acceptors (Lipinski definition) is 7. The van der Waals surface area contributed by atoms with E-state index in [2.05, 4.69) is 10.6 Å². The molecule has 40 heavy (non-hydrogen) atoms. The third kappa shape index (κ3) is 6.99. The number of anilines is 2. The summed E-state index contributed by atoms with van der Waals surface area (Å²) in [6.45, 7) is 7.40. The van der Waals surface area contributed by atoms with E-state index in [1.54, 1.807) is 30.3 Å². The number of carbonyl (C=O) groups excluding carboxylic acids is 1. The van der Waals surface area contributed by atoms with Gasteiger partial charge in [0.25, 0.3) is 0 Å². The molecule has 9 nitrogen and oxygen atoms in total. The van der Waals surface area contributed by atoms with E-state index in [1.807, 2.05) is 27.7 Å². The van der Waals surface area contributed by atoms with Gasteiger partial charge in [-0.15, -0.1) is 0 Å². The molecular weight excluding hydrogens is 552 g/mol. The zero-order valence-corrected chi connectivity index (χ0v) is 23.9. The molecule has 0 radical (unpaired) electrons. The van der Waals surface area contributed by atoms with Crippen molar-refractivity contribution < 1.29 is 30.0 Å². The Morgan fingerprint density at radius 1 is 0.550 bits per heavy atom. The predicted molar refractivity (Wildman–Crippen MR) is 153 cm³/mol. The van der Waals surface area contributed by atoms with Gasteiger partial charge in [0.1, 0.15) is 21.3 Å². The average Bonchev–Trinajstić information content (AvgIpc) is 2.88. The van der Waals surface area contributed by atoms with Gasteiger partial charge in [-0.1, -0.05) is 18.2 Å². The Balaban J connectivity index is 1.38. The summed E-state index contributed by atoms with van der Waals surface area (Å²) in [5, 5.41) is 5.22. The van der Waals surface area contributed by atoms with Crippen LogP contribution in [0, 0.1) is 27.7 Å².